The van der Waals surface area contributed by atoms with Crippen molar-refractivity contribution in [2.45, 2.75) is 38.6 Å². The molecular weight excluding hydrogens is 216 g/mol. The van der Waals surface area contributed by atoms with Gasteiger partial charge >= 0.3 is 5.97 Å². The van der Waals surface area contributed by atoms with Gasteiger partial charge in [-0.25, -0.2) is 0 Å². The predicted molar refractivity (Wildman–Crippen MR) is 66.8 cm³/mol. The van der Waals surface area contributed by atoms with E-state index >= 15 is 0 Å². The maximum atomic E-state index is 11.5. The Hall–Kier alpha value is -0.610. The molecule has 4 heteroatoms. The summed E-state index contributed by atoms with van der Waals surface area (Å²) in [6.45, 7) is 6.62. The highest BCUT2D eigenvalue weighted by Gasteiger charge is 2.33. The lowest BCUT2D eigenvalue weighted by Gasteiger charge is -2.45. The molecule has 0 aliphatic carbocycles. The van der Waals surface area contributed by atoms with Gasteiger partial charge in [-0.3, -0.25) is 4.79 Å². The van der Waals surface area contributed by atoms with Gasteiger partial charge in [-0.05, 0) is 38.3 Å². The monoisotopic (exact) mass is 240 g/mol. The first-order valence-corrected chi connectivity index (χ1v) is 6.91. The average Bonchev–Trinajstić information content (AvgIpc) is 2.38. The Balaban J connectivity index is 1.63. The van der Waals surface area contributed by atoms with Gasteiger partial charge in [0.25, 0.3) is 0 Å². The van der Waals surface area contributed by atoms with E-state index in [-0.39, 0.29) is 5.97 Å². The van der Waals surface area contributed by atoms with Crippen LogP contribution < -0.4 is 5.32 Å². The van der Waals surface area contributed by atoms with Crippen LogP contribution in [0.15, 0.2) is 0 Å². The van der Waals surface area contributed by atoms with Gasteiger partial charge < -0.3 is 15.0 Å². The second-order valence-corrected chi connectivity index (χ2v) is 5.20. The molecule has 3 heterocycles. The Morgan fingerprint density at radius 2 is 2.18 bits per heavy atom. The third-order valence-corrected chi connectivity index (χ3v) is 3.93. The van der Waals surface area contributed by atoms with Crippen molar-refractivity contribution in [1.82, 2.24) is 10.2 Å². The first-order valence-electron chi connectivity index (χ1n) is 6.91. The Morgan fingerprint density at radius 3 is 2.76 bits per heavy atom. The van der Waals surface area contributed by atoms with E-state index in [0.29, 0.717) is 19.2 Å². The summed E-state index contributed by atoms with van der Waals surface area (Å²) in [4.78, 5) is 14.0. The molecule has 1 unspecified atom stereocenters. The molecule has 1 N–H and O–H groups in total. The zero-order valence-electron chi connectivity index (χ0n) is 10.8. The van der Waals surface area contributed by atoms with E-state index in [2.05, 4.69) is 17.1 Å². The number of fused-ring (bicyclic) bond motifs is 3. The molecule has 4 nitrogen and oxygen atoms in total. The third-order valence-electron chi connectivity index (χ3n) is 3.93. The number of esters is 1. The fourth-order valence-corrected chi connectivity index (χ4v) is 2.79. The van der Waals surface area contributed by atoms with Crippen LogP contribution in [0.4, 0.5) is 0 Å². The van der Waals surface area contributed by atoms with Crippen molar-refractivity contribution in [2.24, 2.45) is 5.92 Å². The highest BCUT2D eigenvalue weighted by molar-refractivity contribution is 5.71. The molecule has 3 rings (SSSR count). The van der Waals surface area contributed by atoms with Gasteiger partial charge in [-0.2, -0.15) is 0 Å². The number of ether oxygens (including phenoxy) is 1. The van der Waals surface area contributed by atoms with Crippen LogP contribution in [0.2, 0.25) is 0 Å². The van der Waals surface area contributed by atoms with Crippen molar-refractivity contribution in [3.05, 3.63) is 0 Å². The highest BCUT2D eigenvalue weighted by atomic mass is 16.5. The molecule has 0 aromatic rings. The first-order chi connectivity index (χ1) is 8.29. The van der Waals surface area contributed by atoms with Gasteiger partial charge in [-0.1, -0.05) is 13.3 Å². The molecule has 17 heavy (non-hydrogen) atoms. The molecule has 3 fully saturated rings. The highest BCUT2D eigenvalue weighted by Crippen LogP contribution is 2.27. The maximum absolute atomic E-state index is 11.5. The molecule has 0 aromatic carbocycles. The van der Waals surface area contributed by atoms with Crippen LogP contribution in [-0.2, 0) is 9.53 Å². The fourth-order valence-electron chi connectivity index (χ4n) is 2.79. The van der Waals surface area contributed by atoms with Crippen LogP contribution in [0.3, 0.4) is 0 Å². The van der Waals surface area contributed by atoms with Gasteiger partial charge in [0.1, 0.15) is 0 Å². The van der Waals surface area contributed by atoms with Crippen LogP contribution in [-0.4, -0.2) is 49.7 Å². The summed E-state index contributed by atoms with van der Waals surface area (Å²) >= 11 is 0. The Kier molecular flexibility index (Phi) is 4.80. The number of rotatable bonds is 6. The van der Waals surface area contributed by atoms with E-state index in [1.54, 1.807) is 0 Å². The lowest BCUT2D eigenvalue weighted by molar-refractivity contribution is -0.143. The number of nitrogens with one attached hydrogen (secondary N) is 1. The fraction of sp³-hybridized carbons (Fsp3) is 0.923. The molecule has 2 bridgehead atoms. The van der Waals surface area contributed by atoms with Crippen molar-refractivity contribution < 1.29 is 9.53 Å². The Labute approximate surface area is 104 Å². The largest absolute Gasteiger partial charge is 0.465 e. The number of unbranched alkanes of at least 4 members (excludes halogenated alkanes) is 1. The summed E-state index contributed by atoms with van der Waals surface area (Å²) in [5, 5.41) is 3.36. The van der Waals surface area contributed by atoms with E-state index in [9.17, 15) is 4.79 Å². The van der Waals surface area contributed by atoms with Crippen LogP contribution in [0.25, 0.3) is 0 Å². The smallest absolute Gasteiger partial charge is 0.319 e. The molecule has 3 aliphatic heterocycles. The van der Waals surface area contributed by atoms with Crippen molar-refractivity contribution in [3.63, 3.8) is 0 Å². The third kappa shape index (κ3) is 3.68. The van der Waals surface area contributed by atoms with E-state index < -0.39 is 0 Å². The quantitative estimate of drug-likeness (QED) is 0.556. The summed E-state index contributed by atoms with van der Waals surface area (Å²) in [6, 6.07) is 0.497. The lowest BCUT2D eigenvalue weighted by atomic mass is 9.84. The van der Waals surface area contributed by atoms with Crippen molar-refractivity contribution in [1.29, 1.82) is 0 Å². The molecule has 1 atom stereocenters. The van der Waals surface area contributed by atoms with Gasteiger partial charge in [0.05, 0.1) is 13.2 Å². The Morgan fingerprint density at radius 1 is 1.41 bits per heavy atom. The predicted octanol–water partition coefficient (Wildman–Crippen LogP) is 1.01. The van der Waals surface area contributed by atoms with E-state index in [1.165, 1.54) is 25.9 Å². The standard InChI is InChI=1S/C13H24N2O2/c1-2-3-8-17-13(16)9-14-12-10-15-6-4-11(12)5-7-15/h11-12,14H,2-10H2,1H3. The van der Waals surface area contributed by atoms with Crippen LogP contribution in [0.5, 0.6) is 0 Å². The zero-order chi connectivity index (χ0) is 12.1. The van der Waals surface area contributed by atoms with Crippen molar-refractivity contribution >= 4 is 5.97 Å². The molecule has 0 radical (unpaired) electrons. The average molecular weight is 240 g/mol. The lowest BCUT2D eigenvalue weighted by Crippen LogP contribution is -2.56. The minimum Gasteiger partial charge on any atom is -0.465 e. The molecule has 3 aliphatic rings. The molecule has 3 saturated heterocycles. The summed E-state index contributed by atoms with van der Waals surface area (Å²) < 4.78 is 5.14. The van der Waals surface area contributed by atoms with E-state index in [4.69, 9.17) is 4.74 Å². The number of hydrogen-bond acceptors (Lipinski definition) is 4. The second kappa shape index (κ2) is 6.36. The van der Waals surface area contributed by atoms with Gasteiger partial charge in [0.2, 0.25) is 0 Å². The summed E-state index contributed by atoms with van der Waals surface area (Å²) in [5.41, 5.74) is 0. The van der Waals surface area contributed by atoms with Crippen LogP contribution in [0.1, 0.15) is 32.6 Å². The molecule has 98 valence electrons. The summed E-state index contributed by atoms with van der Waals surface area (Å²) in [7, 11) is 0. The minimum absolute atomic E-state index is 0.102. The molecular formula is C13H24N2O2. The van der Waals surface area contributed by atoms with E-state index in [1.807, 2.05) is 0 Å². The Bertz CT molecular complexity index is 250. The van der Waals surface area contributed by atoms with Gasteiger partial charge in [0.15, 0.2) is 0 Å². The maximum Gasteiger partial charge on any atom is 0.319 e. The SMILES string of the molecule is CCCCOC(=O)CNC1CN2CCC1CC2. The van der Waals surface area contributed by atoms with Gasteiger partial charge in [-0.15, -0.1) is 0 Å². The number of carbonyl (C=O) groups excluding carboxylic acids is 1. The molecule has 0 saturated carbocycles. The van der Waals surface area contributed by atoms with E-state index in [0.717, 1.165) is 25.3 Å². The van der Waals surface area contributed by atoms with Crippen LogP contribution >= 0.6 is 0 Å². The minimum atomic E-state index is -0.102. The normalized spacial score (nSPS) is 31.5. The van der Waals surface area contributed by atoms with Crippen molar-refractivity contribution in [3.8, 4) is 0 Å². The van der Waals surface area contributed by atoms with Crippen LogP contribution in [0, 0.1) is 5.92 Å². The molecule has 0 amide bonds. The topological polar surface area (TPSA) is 41.6 Å². The van der Waals surface area contributed by atoms with Crippen molar-refractivity contribution in [2.75, 3.05) is 32.8 Å². The molecule has 0 aromatic heterocycles. The van der Waals surface area contributed by atoms with Gasteiger partial charge in [0, 0.05) is 12.6 Å². The summed E-state index contributed by atoms with van der Waals surface area (Å²) in [6.07, 6.45) is 4.59. The molecule has 0 spiro atoms. The number of piperidine rings is 3. The summed E-state index contributed by atoms with van der Waals surface area (Å²) in [5.74, 6) is 0.665. The number of nitrogens with zero attached hydrogens (tertiary/aromatic N) is 1. The second-order valence-electron chi connectivity index (χ2n) is 5.20. The zero-order valence-corrected chi connectivity index (χ0v) is 10.8. The first kappa shape index (κ1) is 12.8. The number of carbonyl (C=O) groups is 1. The number of hydrogen-bond donors (Lipinski definition) is 1.